The summed E-state index contributed by atoms with van der Waals surface area (Å²) < 4.78 is 10.4. The van der Waals surface area contributed by atoms with Gasteiger partial charge in [0.1, 0.15) is 0 Å². The van der Waals surface area contributed by atoms with Crippen LogP contribution in [0.1, 0.15) is 43.7 Å². The zero-order valence-corrected chi connectivity index (χ0v) is 11.7. The molecule has 4 nitrogen and oxygen atoms in total. The molecular weight excluding hydrogens is 242 g/mol. The lowest BCUT2D eigenvalue weighted by Crippen LogP contribution is -2.23. The van der Waals surface area contributed by atoms with Gasteiger partial charge in [-0.25, -0.2) is 0 Å². The van der Waals surface area contributed by atoms with Crippen LogP contribution in [0.4, 0.5) is 0 Å². The third kappa shape index (κ3) is 2.95. The van der Waals surface area contributed by atoms with Gasteiger partial charge in [0.15, 0.2) is 11.5 Å². The highest BCUT2D eigenvalue weighted by Crippen LogP contribution is 2.41. The lowest BCUT2D eigenvalue weighted by atomic mass is 9.81. The van der Waals surface area contributed by atoms with E-state index in [4.69, 9.17) is 15.2 Å². The number of phenolic OH excluding ortho intramolecular Hbond substituents is 1. The zero-order chi connectivity index (χ0) is 13.8. The van der Waals surface area contributed by atoms with Crippen molar-refractivity contribution in [2.24, 2.45) is 11.7 Å². The van der Waals surface area contributed by atoms with Crippen LogP contribution in [0.2, 0.25) is 0 Å². The molecule has 0 saturated heterocycles. The molecule has 0 spiro atoms. The number of phenols is 1. The largest absolute Gasteiger partial charge is 0.502 e. The molecule has 0 aliphatic heterocycles. The van der Waals surface area contributed by atoms with E-state index in [1.165, 1.54) is 46.3 Å². The Hall–Kier alpha value is -1.42. The second-order valence-electron chi connectivity index (χ2n) is 5.20. The maximum absolute atomic E-state index is 9.91. The standard InChI is InChI=1S/C15H23NO3/c1-18-12-8-11(9-13(19-2)15(12)17)14(16)10-6-4-3-5-7-10/h8-10,14,17H,3-7,16H2,1-2H3/t14-/m0/s1. The number of methoxy groups -OCH3 is 2. The average Bonchev–Trinajstić information content (AvgIpc) is 2.47. The van der Waals surface area contributed by atoms with Crippen molar-refractivity contribution in [2.45, 2.75) is 38.1 Å². The molecule has 0 unspecified atom stereocenters. The number of hydrogen-bond acceptors (Lipinski definition) is 4. The molecule has 1 atom stereocenters. The van der Waals surface area contributed by atoms with Gasteiger partial charge in [0, 0.05) is 6.04 Å². The van der Waals surface area contributed by atoms with Crippen LogP contribution in [0.5, 0.6) is 17.2 Å². The summed E-state index contributed by atoms with van der Waals surface area (Å²) in [5.74, 6) is 1.37. The monoisotopic (exact) mass is 265 g/mol. The zero-order valence-electron chi connectivity index (χ0n) is 11.7. The Labute approximate surface area is 114 Å². The molecule has 1 aliphatic carbocycles. The van der Waals surface area contributed by atoms with Crippen LogP contribution < -0.4 is 15.2 Å². The topological polar surface area (TPSA) is 64.7 Å². The van der Waals surface area contributed by atoms with E-state index in [1.54, 1.807) is 0 Å². The van der Waals surface area contributed by atoms with Crippen LogP contribution in [0.15, 0.2) is 12.1 Å². The third-order valence-corrected chi connectivity index (χ3v) is 4.04. The Bertz CT molecular complexity index is 402. The van der Waals surface area contributed by atoms with Crippen molar-refractivity contribution in [3.05, 3.63) is 17.7 Å². The molecule has 1 fully saturated rings. The molecule has 106 valence electrons. The molecule has 3 N–H and O–H groups in total. The van der Waals surface area contributed by atoms with Crippen LogP contribution in [-0.4, -0.2) is 19.3 Å². The van der Waals surface area contributed by atoms with Gasteiger partial charge >= 0.3 is 0 Å². The van der Waals surface area contributed by atoms with Gasteiger partial charge in [0.05, 0.1) is 14.2 Å². The van der Waals surface area contributed by atoms with E-state index in [0.717, 1.165) is 5.56 Å². The van der Waals surface area contributed by atoms with Crippen molar-refractivity contribution in [1.29, 1.82) is 0 Å². The van der Waals surface area contributed by atoms with E-state index >= 15 is 0 Å². The van der Waals surface area contributed by atoms with Crippen molar-refractivity contribution in [1.82, 2.24) is 0 Å². The van der Waals surface area contributed by atoms with Gasteiger partial charge in [-0.15, -0.1) is 0 Å². The summed E-state index contributed by atoms with van der Waals surface area (Å²) in [6.45, 7) is 0. The molecule has 1 saturated carbocycles. The first-order chi connectivity index (χ1) is 9.17. The SMILES string of the molecule is COc1cc([C@@H](N)C2CCCCC2)cc(OC)c1O. The molecule has 0 heterocycles. The summed E-state index contributed by atoms with van der Waals surface area (Å²) in [4.78, 5) is 0. The summed E-state index contributed by atoms with van der Waals surface area (Å²) in [6, 6.07) is 3.61. The van der Waals surface area contributed by atoms with Gasteiger partial charge in [0.2, 0.25) is 5.75 Å². The van der Waals surface area contributed by atoms with E-state index < -0.39 is 0 Å². The van der Waals surface area contributed by atoms with Gasteiger partial charge in [-0.3, -0.25) is 0 Å². The van der Waals surface area contributed by atoms with Crippen molar-refractivity contribution < 1.29 is 14.6 Å². The van der Waals surface area contributed by atoms with Crippen LogP contribution in [-0.2, 0) is 0 Å². The van der Waals surface area contributed by atoms with Crippen LogP contribution in [0.25, 0.3) is 0 Å². The number of benzene rings is 1. The molecule has 1 aromatic rings. The van der Waals surface area contributed by atoms with Crippen molar-refractivity contribution in [2.75, 3.05) is 14.2 Å². The fraction of sp³-hybridized carbons (Fsp3) is 0.600. The molecule has 1 aromatic carbocycles. The van der Waals surface area contributed by atoms with Gasteiger partial charge in [-0.05, 0) is 36.5 Å². The summed E-state index contributed by atoms with van der Waals surface area (Å²) in [5.41, 5.74) is 7.34. The van der Waals surface area contributed by atoms with Gasteiger partial charge in [0.25, 0.3) is 0 Å². The molecule has 0 radical (unpaired) electrons. The number of rotatable bonds is 4. The minimum atomic E-state index is -0.0244. The third-order valence-electron chi connectivity index (χ3n) is 4.04. The summed E-state index contributed by atoms with van der Waals surface area (Å²) in [6.07, 6.45) is 6.17. The highest BCUT2D eigenvalue weighted by molar-refractivity contribution is 5.53. The van der Waals surface area contributed by atoms with E-state index in [9.17, 15) is 5.11 Å². The molecule has 2 rings (SSSR count). The van der Waals surface area contributed by atoms with E-state index in [0.29, 0.717) is 17.4 Å². The number of nitrogens with two attached hydrogens (primary N) is 1. The molecule has 0 aromatic heterocycles. The Morgan fingerprint density at radius 3 is 2.11 bits per heavy atom. The van der Waals surface area contributed by atoms with Crippen LogP contribution in [0.3, 0.4) is 0 Å². The Morgan fingerprint density at radius 1 is 1.11 bits per heavy atom. The Kier molecular flexibility index (Phi) is 4.53. The van der Waals surface area contributed by atoms with Gasteiger partial charge in [-0.1, -0.05) is 19.3 Å². The predicted molar refractivity (Wildman–Crippen MR) is 74.7 cm³/mol. The molecule has 1 aliphatic rings. The summed E-state index contributed by atoms with van der Waals surface area (Å²) in [7, 11) is 3.06. The minimum Gasteiger partial charge on any atom is -0.502 e. The van der Waals surface area contributed by atoms with Crippen molar-refractivity contribution in [3.8, 4) is 17.2 Å². The molecular formula is C15H23NO3. The number of aromatic hydroxyl groups is 1. The van der Waals surface area contributed by atoms with Gasteiger partial charge in [-0.2, -0.15) is 0 Å². The minimum absolute atomic E-state index is 0.0244. The highest BCUT2D eigenvalue weighted by Gasteiger charge is 2.24. The maximum Gasteiger partial charge on any atom is 0.200 e. The smallest absolute Gasteiger partial charge is 0.200 e. The summed E-state index contributed by atoms with van der Waals surface area (Å²) >= 11 is 0. The highest BCUT2D eigenvalue weighted by atomic mass is 16.5. The van der Waals surface area contributed by atoms with Crippen molar-refractivity contribution >= 4 is 0 Å². The van der Waals surface area contributed by atoms with E-state index in [-0.39, 0.29) is 11.8 Å². The maximum atomic E-state index is 9.91. The lowest BCUT2D eigenvalue weighted by Gasteiger charge is -2.28. The van der Waals surface area contributed by atoms with Crippen LogP contribution >= 0.6 is 0 Å². The Balaban J connectivity index is 2.27. The fourth-order valence-corrected chi connectivity index (χ4v) is 2.87. The van der Waals surface area contributed by atoms with E-state index in [2.05, 4.69) is 0 Å². The average molecular weight is 265 g/mol. The summed E-state index contributed by atoms with van der Waals surface area (Å²) in [5, 5.41) is 9.91. The van der Waals surface area contributed by atoms with E-state index in [1.807, 2.05) is 12.1 Å². The number of ether oxygens (including phenoxy) is 2. The van der Waals surface area contributed by atoms with Gasteiger partial charge < -0.3 is 20.3 Å². The quantitative estimate of drug-likeness (QED) is 0.878. The first kappa shape index (κ1) is 14.0. The number of hydrogen-bond donors (Lipinski definition) is 2. The first-order valence-corrected chi connectivity index (χ1v) is 6.87. The van der Waals surface area contributed by atoms with Crippen LogP contribution in [0, 0.1) is 5.92 Å². The first-order valence-electron chi connectivity index (χ1n) is 6.87. The predicted octanol–water partition coefficient (Wildman–Crippen LogP) is 2.99. The second kappa shape index (κ2) is 6.15. The molecule has 19 heavy (non-hydrogen) atoms. The molecule has 0 amide bonds. The normalized spacial score (nSPS) is 18.1. The lowest BCUT2D eigenvalue weighted by molar-refractivity contribution is 0.304. The molecule has 0 bridgehead atoms. The second-order valence-corrected chi connectivity index (χ2v) is 5.20. The Morgan fingerprint density at radius 2 is 1.63 bits per heavy atom. The van der Waals surface area contributed by atoms with Crippen molar-refractivity contribution in [3.63, 3.8) is 0 Å². The molecule has 4 heteroatoms. The fourth-order valence-electron chi connectivity index (χ4n) is 2.87.